The Labute approximate surface area is 241 Å². The summed E-state index contributed by atoms with van der Waals surface area (Å²) in [7, 11) is 0. The van der Waals surface area contributed by atoms with Gasteiger partial charge in [-0.3, -0.25) is 9.69 Å². The average Bonchev–Trinajstić information content (AvgIpc) is 3.22. The summed E-state index contributed by atoms with van der Waals surface area (Å²) in [5.74, 6) is 0.705. The number of ether oxygens (including phenoxy) is 3. The number of nitrogens with zero attached hydrogens (tertiary/aromatic N) is 2. The van der Waals surface area contributed by atoms with E-state index in [2.05, 4.69) is 20.9 Å². The van der Waals surface area contributed by atoms with Gasteiger partial charge in [-0.05, 0) is 92.2 Å². The van der Waals surface area contributed by atoms with E-state index in [1.165, 1.54) is 11.8 Å². The van der Waals surface area contributed by atoms with E-state index >= 15 is 0 Å². The molecule has 0 N–H and O–H groups in total. The molecule has 0 unspecified atom stereocenters. The van der Waals surface area contributed by atoms with Gasteiger partial charge in [0.25, 0.3) is 5.91 Å². The summed E-state index contributed by atoms with van der Waals surface area (Å²) in [6.45, 7) is 7.22. The van der Waals surface area contributed by atoms with Crippen LogP contribution >= 0.6 is 27.7 Å². The summed E-state index contributed by atoms with van der Waals surface area (Å²) < 4.78 is 18.0. The number of thioether (sulfide) groups is 1. The molecule has 1 heterocycles. The normalized spacial score (nSPS) is 15.2. The van der Waals surface area contributed by atoms with Gasteiger partial charge >= 0.3 is 5.97 Å². The highest BCUT2D eigenvalue weighted by Crippen LogP contribution is 2.36. The van der Waals surface area contributed by atoms with E-state index in [0.29, 0.717) is 59.2 Å². The van der Waals surface area contributed by atoms with Crippen molar-refractivity contribution in [3.8, 4) is 11.5 Å². The van der Waals surface area contributed by atoms with Gasteiger partial charge in [0.2, 0.25) is 0 Å². The van der Waals surface area contributed by atoms with Gasteiger partial charge in [-0.2, -0.15) is 0 Å². The molecule has 1 amide bonds. The van der Waals surface area contributed by atoms with Crippen LogP contribution in [0.1, 0.15) is 42.3 Å². The number of esters is 1. The van der Waals surface area contributed by atoms with Gasteiger partial charge < -0.3 is 14.2 Å². The maximum Gasteiger partial charge on any atom is 0.338 e. The average molecular weight is 610 g/mol. The monoisotopic (exact) mass is 608 g/mol. The Hall–Kier alpha value is -3.56. The molecule has 1 saturated heterocycles. The molecular weight excluding hydrogens is 580 g/mol. The molecule has 4 rings (SSSR count). The number of carbonyl (C=O) groups excluding carboxylic acids is 2. The number of hydrogen-bond acceptors (Lipinski definition) is 7. The molecule has 1 aliphatic rings. The first-order chi connectivity index (χ1) is 18.9. The molecule has 0 bridgehead atoms. The molecule has 1 aliphatic heterocycles. The van der Waals surface area contributed by atoms with Crippen molar-refractivity contribution in [2.75, 3.05) is 19.8 Å². The van der Waals surface area contributed by atoms with Gasteiger partial charge in [-0.1, -0.05) is 40.2 Å². The maximum atomic E-state index is 13.2. The quantitative estimate of drug-likeness (QED) is 0.178. The number of amides is 1. The minimum atomic E-state index is -0.406. The summed E-state index contributed by atoms with van der Waals surface area (Å²) >= 11 is 4.74. The van der Waals surface area contributed by atoms with Crippen LogP contribution in [-0.4, -0.2) is 41.7 Å². The Morgan fingerprint density at radius 1 is 0.974 bits per heavy atom. The smallest absolute Gasteiger partial charge is 0.338 e. The highest BCUT2D eigenvalue weighted by Gasteiger charge is 2.32. The van der Waals surface area contributed by atoms with Crippen molar-refractivity contribution >= 4 is 56.5 Å². The van der Waals surface area contributed by atoms with Crippen LogP contribution in [0.25, 0.3) is 6.08 Å². The van der Waals surface area contributed by atoms with Gasteiger partial charge in [0.05, 0.1) is 29.4 Å². The van der Waals surface area contributed by atoms with Crippen LogP contribution < -0.4 is 9.47 Å². The van der Waals surface area contributed by atoms with Crippen molar-refractivity contribution in [3.05, 3.63) is 92.8 Å². The SMILES string of the molecule is CCOC(=O)c1cccc(N=C2SC(=Cc3ccc(OCc4ccc(Br)cc4)c(OCC)c3)C(=O)N2CC)c1. The van der Waals surface area contributed by atoms with E-state index in [-0.39, 0.29) is 5.91 Å². The molecule has 7 nitrogen and oxygen atoms in total. The number of amidine groups is 1. The molecule has 0 spiro atoms. The van der Waals surface area contributed by atoms with E-state index in [1.54, 1.807) is 36.1 Å². The summed E-state index contributed by atoms with van der Waals surface area (Å²) in [5, 5.41) is 0.550. The number of rotatable bonds is 10. The first kappa shape index (κ1) is 28.4. The number of carbonyl (C=O) groups is 2. The van der Waals surface area contributed by atoms with Crippen LogP contribution in [0, 0.1) is 0 Å². The van der Waals surface area contributed by atoms with E-state index < -0.39 is 5.97 Å². The van der Waals surface area contributed by atoms with Crippen molar-refractivity contribution in [1.29, 1.82) is 0 Å². The maximum absolute atomic E-state index is 13.2. The van der Waals surface area contributed by atoms with Crippen LogP contribution in [0.5, 0.6) is 11.5 Å². The summed E-state index contributed by atoms with van der Waals surface area (Å²) in [4.78, 5) is 32.1. The Balaban J connectivity index is 1.55. The minimum absolute atomic E-state index is 0.128. The molecule has 3 aromatic rings. The Bertz CT molecular complexity index is 1400. The van der Waals surface area contributed by atoms with Crippen LogP contribution in [0.2, 0.25) is 0 Å². The molecule has 0 aliphatic carbocycles. The van der Waals surface area contributed by atoms with Crippen LogP contribution in [0.3, 0.4) is 0 Å². The minimum Gasteiger partial charge on any atom is -0.490 e. The predicted molar refractivity (Wildman–Crippen MR) is 159 cm³/mol. The van der Waals surface area contributed by atoms with Crippen LogP contribution in [-0.2, 0) is 16.1 Å². The van der Waals surface area contributed by atoms with Gasteiger partial charge in [-0.15, -0.1) is 0 Å². The number of hydrogen-bond donors (Lipinski definition) is 0. The lowest BCUT2D eigenvalue weighted by atomic mass is 10.1. The Kier molecular flexibility index (Phi) is 9.84. The van der Waals surface area contributed by atoms with E-state index in [9.17, 15) is 9.59 Å². The molecule has 1 fully saturated rings. The Morgan fingerprint density at radius 2 is 1.77 bits per heavy atom. The molecule has 0 radical (unpaired) electrons. The number of aliphatic imine (C=N–C) groups is 1. The summed E-state index contributed by atoms with van der Waals surface area (Å²) in [6, 6.07) is 20.4. The Morgan fingerprint density at radius 3 is 2.49 bits per heavy atom. The third-order valence-electron chi connectivity index (χ3n) is 5.66. The predicted octanol–water partition coefficient (Wildman–Crippen LogP) is 7.23. The van der Waals surface area contributed by atoms with Crippen LogP contribution in [0.4, 0.5) is 5.69 Å². The van der Waals surface area contributed by atoms with Gasteiger partial charge in [-0.25, -0.2) is 9.79 Å². The molecule has 202 valence electrons. The second-order valence-electron chi connectivity index (χ2n) is 8.38. The highest BCUT2D eigenvalue weighted by molar-refractivity contribution is 9.10. The van der Waals surface area contributed by atoms with Crippen LogP contribution in [0.15, 0.2) is 81.1 Å². The lowest BCUT2D eigenvalue weighted by Crippen LogP contribution is -2.28. The molecule has 0 saturated carbocycles. The largest absolute Gasteiger partial charge is 0.490 e. The number of benzene rings is 3. The van der Waals surface area contributed by atoms with Gasteiger partial charge in [0, 0.05) is 11.0 Å². The molecule has 9 heteroatoms. The topological polar surface area (TPSA) is 77.4 Å². The number of halogens is 1. The second kappa shape index (κ2) is 13.5. The summed E-state index contributed by atoms with van der Waals surface area (Å²) in [6.07, 6.45) is 1.83. The lowest BCUT2D eigenvalue weighted by Gasteiger charge is -2.13. The number of likely N-dealkylation sites (N-methyl/N-ethyl adjacent to an activating group) is 1. The fraction of sp³-hybridized carbons (Fsp3) is 0.233. The zero-order chi connectivity index (χ0) is 27.8. The summed E-state index contributed by atoms with van der Waals surface area (Å²) in [5.41, 5.74) is 2.84. The van der Waals surface area contributed by atoms with Crippen molar-refractivity contribution < 1.29 is 23.8 Å². The molecule has 0 atom stereocenters. The fourth-order valence-electron chi connectivity index (χ4n) is 3.79. The fourth-order valence-corrected chi connectivity index (χ4v) is 5.12. The van der Waals surface area contributed by atoms with Crippen molar-refractivity contribution in [1.82, 2.24) is 4.90 Å². The molecule has 39 heavy (non-hydrogen) atoms. The van der Waals surface area contributed by atoms with E-state index in [4.69, 9.17) is 14.2 Å². The van der Waals surface area contributed by atoms with Gasteiger partial charge in [0.1, 0.15) is 6.61 Å². The van der Waals surface area contributed by atoms with E-state index in [0.717, 1.165) is 15.6 Å². The first-order valence-corrected chi connectivity index (χ1v) is 14.2. The third-order valence-corrected chi connectivity index (χ3v) is 7.19. The standard InChI is InChI=1S/C30H29BrN2O5S/c1-4-33-28(34)27(39-30(33)32-24-9-7-8-22(18-24)29(35)37-6-3)17-21-12-15-25(26(16-21)36-5-2)38-19-20-10-13-23(31)14-11-20/h7-18H,4-6,19H2,1-3H3. The lowest BCUT2D eigenvalue weighted by molar-refractivity contribution is -0.122. The molecular formula is C30H29BrN2O5S. The third kappa shape index (κ3) is 7.30. The van der Waals surface area contributed by atoms with Crippen molar-refractivity contribution in [2.24, 2.45) is 4.99 Å². The van der Waals surface area contributed by atoms with Crippen molar-refractivity contribution in [2.45, 2.75) is 27.4 Å². The van der Waals surface area contributed by atoms with Gasteiger partial charge in [0.15, 0.2) is 16.7 Å². The first-order valence-electron chi connectivity index (χ1n) is 12.6. The zero-order valence-electron chi connectivity index (χ0n) is 22.0. The molecule has 0 aromatic heterocycles. The second-order valence-corrected chi connectivity index (χ2v) is 10.3. The van der Waals surface area contributed by atoms with Crippen molar-refractivity contribution in [3.63, 3.8) is 0 Å². The highest BCUT2D eigenvalue weighted by atomic mass is 79.9. The zero-order valence-corrected chi connectivity index (χ0v) is 24.4. The van der Waals surface area contributed by atoms with E-state index in [1.807, 2.05) is 62.4 Å². The molecule has 3 aromatic carbocycles.